The molecular weight excluding hydrogens is 239 g/mol. The first-order valence-electron chi connectivity index (χ1n) is 3.13. The summed E-state index contributed by atoms with van der Waals surface area (Å²) in [5.41, 5.74) is -0.0324. The van der Waals surface area contributed by atoms with Crippen LogP contribution < -0.4 is 5.84 Å². The highest BCUT2D eigenvalue weighted by molar-refractivity contribution is 14.1. The summed E-state index contributed by atoms with van der Waals surface area (Å²) in [5.74, 6) is 5.70. The second-order valence-electron chi connectivity index (χ2n) is 2.82. The molecule has 0 atom stereocenters. The molecule has 0 aromatic carbocycles. The number of nitrogens with zero attached hydrogens (tertiary/aromatic N) is 1. The van der Waals surface area contributed by atoms with E-state index >= 15 is 0 Å². The van der Waals surface area contributed by atoms with Gasteiger partial charge in [0.15, 0.2) is 0 Å². The van der Waals surface area contributed by atoms with Crippen molar-refractivity contribution in [2.24, 2.45) is 5.84 Å². The first kappa shape index (κ1) is 8.07. The van der Waals surface area contributed by atoms with Gasteiger partial charge in [-0.25, -0.2) is 5.84 Å². The molecule has 10 heavy (non-hydrogen) atoms. The van der Waals surface area contributed by atoms with Gasteiger partial charge in [0.25, 0.3) is 0 Å². The van der Waals surface area contributed by atoms with Gasteiger partial charge in [-0.15, -0.1) is 0 Å². The molecule has 56 valence electrons. The number of halogens is 1. The van der Waals surface area contributed by atoms with E-state index in [1.807, 2.05) is 12.3 Å². The zero-order chi connectivity index (χ0) is 7.78. The number of allylic oxidation sites excluding steroid dienone is 2. The van der Waals surface area contributed by atoms with Crippen molar-refractivity contribution in [3.05, 3.63) is 21.9 Å². The Kier molecular flexibility index (Phi) is 2.05. The quantitative estimate of drug-likeness (QED) is 0.524. The topological polar surface area (TPSA) is 29.3 Å². The third-order valence-electron chi connectivity index (χ3n) is 1.72. The van der Waals surface area contributed by atoms with E-state index < -0.39 is 0 Å². The van der Waals surface area contributed by atoms with Crippen molar-refractivity contribution in [2.45, 2.75) is 19.4 Å². The van der Waals surface area contributed by atoms with Crippen molar-refractivity contribution in [3.8, 4) is 0 Å². The highest BCUT2D eigenvalue weighted by atomic mass is 127. The Morgan fingerprint density at radius 3 is 2.60 bits per heavy atom. The van der Waals surface area contributed by atoms with E-state index in [-0.39, 0.29) is 5.54 Å². The van der Waals surface area contributed by atoms with Crippen molar-refractivity contribution >= 4 is 22.6 Å². The molecule has 0 unspecified atom stereocenters. The molecule has 2 nitrogen and oxygen atoms in total. The fourth-order valence-corrected chi connectivity index (χ4v) is 1.22. The van der Waals surface area contributed by atoms with E-state index in [9.17, 15) is 0 Å². The Balaban J connectivity index is 2.93. The SMILES string of the molecule is CC1(C)C(I)=CC=CN1N. The lowest BCUT2D eigenvalue weighted by molar-refractivity contribution is 0.237. The van der Waals surface area contributed by atoms with Crippen molar-refractivity contribution in [1.29, 1.82) is 0 Å². The fourth-order valence-electron chi connectivity index (χ4n) is 0.734. The molecule has 3 heteroatoms. The highest BCUT2D eigenvalue weighted by Gasteiger charge is 2.26. The lowest BCUT2D eigenvalue weighted by atomic mass is 10.0. The van der Waals surface area contributed by atoms with E-state index in [4.69, 9.17) is 5.84 Å². The van der Waals surface area contributed by atoms with E-state index in [0.29, 0.717) is 0 Å². The van der Waals surface area contributed by atoms with Crippen LogP contribution in [0.3, 0.4) is 0 Å². The van der Waals surface area contributed by atoms with E-state index in [1.165, 1.54) is 3.58 Å². The summed E-state index contributed by atoms with van der Waals surface area (Å²) in [6, 6.07) is 0. The molecule has 0 saturated carbocycles. The van der Waals surface area contributed by atoms with Gasteiger partial charge in [0.1, 0.15) is 0 Å². The number of hydrogen-bond acceptors (Lipinski definition) is 2. The lowest BCUT2D eigenvalue weighted by Gasteiger charge is -2.35. The average Bonchev–Trinajstić information content (AvgIpc) is 1.84. The number of hydrogen-bond donors (Lipinski definition) is 1. The smallest absolute Gasteiger partial charge is 0.0803 e. The third-order valence-corrected chi connectivity index (χ3v) is 3.40. The molecule has 0 radical (unpaired) electrons. The minimum absolute atomic E-state index is 0.0324. The highest BCUT2D eigenvalue weighted by Crippen LogP contribution is 2.29. The van der Waals surface area contributed by atoms with Crippen LogP contribution in [0.4, 0.5) is 0 Å². The predicted octanol–water partition coefficient (Wildman–Crippen LogP) is 1.79. The molecular formula is C7H11IN2. The third kappa shape index (κ3) is 1.20. The standard InChI is InChI=1S/C7H11IN2/c1-7(2)6(8)4-3-5-10(7)9/h3-5H,9H2,1-2H3. The van der Waals surface area contributed by atoms with Gasteiger partial charge in [-0.3, -0.25) is 0 Å². The van der Waals surface area contributed by atoms with E-state index in [2.05, 4.69) is 42.5 Å². The van der Waals surface area contributed by atoms with Gasteiger partial charge in [0.2, 0.25) is 0 Å². The lowest BCUT2D eigenvalue weighted by Crippen LogP contribution is -2.46. The molecule has 0 aliphatic carbocycles. The minimum Gasteiger partial charge on any atom is -0.308 e. The van der Waals surface area contributed by atoms with Crippen LogP contribution in [0.2, 0.25) is 0 Å². The number of rotatable bonds is 0. The summed E-state index contributed by atoms with van der Waals surface area (Å²) >= 11 is 2.30. The van der Waals surface area contributed by atoms with Crippen LogP contribution in [0, 0.1) is 0 Å². The van der Waals surface area contributed by atoms with Crippen LogP contribution in [0.5, 0.6) is 0 Å². The molecule has 1 heterocycles. The van der Waals surface area contributed by atoms with E-state index in [1.54, 1.807) is 5.01 Å². The first-order chi connectivity index (χ1) is 4.55. The van der Waals surface area contributed by atoms with E-state index in [0.717, 1.165) is 0 Å². The maximum atomic E-state index is 5.70. The zero-order valence-electron chi connectivity index (χ0n) is 6.13. The summed E-state index contributed by atoms with van der Waals surface area (Å²) in [6.07, 6.45) is 5.90. The normalized spacial score (nSPS) is 22.8. The predicted molar refractivity (Wildman–Crippen MR) is 51.3 cm³/mol. The average molecular weight is 250 g/mol. The second-order valence-corrected chi connectivity index (χ2v) is 3.98. The molecule has 0 aromatic heterocycles. The van der Waals surface area contributed by atoms with Gasteiger partial charge in [-0.05, 0) is 48.6 Å². The molecule has 0 bridgehead atoms. The maximum Gasteiger partial charge on any atom is 0.0803 e. The van der Waals surface area contributed by atoms with Gasteiger partial charge >= 0.3 is 0 Å². The molecule has 0 spiro atoms. The van der Waals surface area contributed by atoms with Crippen LogP contribution in [0.1, 0.15) is 13.8 Å². The van der Waals surface area contributed by atoms with Crippen LogP contribution in [0.25, 0.3) is 0 Å². The monoisotopic (exact) mass is 250 g/mol. The molecule has 0 aromatic rings. The van der Waals surface area contributed by atoms with Gasteiger partial charge in [-0.1, -0.05) is 0 Å². The van der Waals surface area contributed by atoms with Crippen molar-refractivity contribution in [1.82, 2.24) is 5.01 Å². The van der Waals surface area contributed by atoms with Crippen molar-refractivity contribution < 1.29 is 0 Å². The molecule has 0 amide bonds. The van der Waals surface area contributed by atoms with Crippen molar-refractivity contribution in [2.75, 3.05) is 0 Å². The molecule has 1 aliphatic rings. The van der Waals surface area contributed by atoms with Crippen molar-refractivity contribution in [3.63, 3.8) is 0 Å². The summed E-state index contributed by atoms with van der Waals surface area (Å²) in [4.78, 5) is 0. The first-order valence-corrected chi connectivity index (χ1v) is 4.21. The van der Waals surface area contributed by atoms with Crippen LogP contribution >= 0.6 is 22.6 Å². The number of hydrazine groups is 1. The molecule has 1 rings (SSSR count). The Morgan fingerprint density at radius 1 is 1.60 bits per heavy atom. The van der Waals surface area contributed by atoms with Crippen LogP contribution in [0.15, 0.2) is 21.9 Å². The zero-order valence-corrected chi connectivity index (χ0v) is 8.29. The van der Waals surface area contributed by atoms with Gasteiger partial charge in [0.05, 0.1) is 5.54 Å². The summed E-state index contributed by atoms with van der Waals surface area (Å²) in [7, 11) is 0. The second kappa shape index (κ2) is 2.54. The largest absolute Gasteiger partial charge is 0.308 e. The molecule has 1 aliphatic heterocycles. The number of nitrogens with two attached hydrogens (primary N) is 1. The summed E-state index contributed by atoms with van der Waals surface area (Å²) in [6.45, 7) is 4.18. The molecule has 0 saturated heterocycles. The fraction of sp³-hybridized carbons (Fsp3) is 0.429. The molecule has 2 N–H and O–H groups in total. The van der Waals surface area contributed by atoms with Gasteiger partial charge in [0, 0.05) is 9.78 Å². The van der Waals surface area contributed by atoms with Crippen LogP contribution in [-0.2, 0) is 0 Å². The Bertz CT molecular complexity index is 194. The summed E-state index contributed by atoms with van der Waals surface area (Å²) < 4.78 is 1.26. The van der Waals surface area contributed by atoms with Gasteiger partial charge < -0.3 is 5.01 Å². The molecule has 0 fully saturated rings. The van der Waals surface area contributed by atoms with Crippen LogP contribution in [-0.4, -0.2) is 10.5 Å². The summed E-state index contributed by atoms with van der Waals surface area (Å²) in [5, 5.41) is 1.72. The van der Waals surface area contributed by atoms with Gasteiger partial charge in [-0.2, -0.15) is 0 Å². The maximum absolute atomic E-state index is 5.70. The Morgan fingerprint density at radius 2 is 2.20 bits per heavy atom. The Hall–Kier alpha value is -0.0300. The minimum atomic E-state index is -0.0324. The Labute approximate surface area is 74.9 Å².